The summed E-state index contributed by atoms with van der Waals surface area (Å²) in [6.45, 7) is 7.77. The lowest BCUT2D eigenvalue weighted by Crippen LogP contribution is -2.40. The minimum absolute atomic E-state index is 0. The van der Waals surface area contributed by atoms with E-state index in [-0.39, 0.29) is 66.7 Å². The van der Waals surface area contributed by atoms with Gasteiger partial charge in [-0.1, -0.05) is 63.4 Å². The van der Waals surface area contributed by atoms with Crippen molar-refractivity contribution in [2.75, 3.05) is 62.0 Å². The monoisotopic (exact) mass is 1080 g/mol. The van der Waals surface area contributed by atoms with Gasteiger partial charge in [-0.3, -0.25) is 0 Å². The van der Waals surface area contributed by atoms with E-state index in [0.29, 0.717) is 35.4 Å². The first-order valence-corrected chi connectivity index (χ1v) is 26.5. The molecule has 0 saturated heterocycles. The summed E-state index contributed by atoms with van der Waals surface area (Å²) in [5, 5.41) is 7.34. The molecule has 0 unspecified atom stereocenters. The van der Waals surface area contributed by atoms with Gasteiger partial charge in [-0.25, -0.2) is 36.8 Å². The first kappa shape index (κ1) is 63.2. The zero-order valence-electron chi connectivity index (χ0n) is 43.0. The summed E-state index contributed by atoms with van der Waals surface area (Å²) in [5.74, 6) is 3.33. The van der Waals surface area contributed by atoms with Crippen molar-refractivity contribution in [3.8, 4) is 23.0 Å². The average molecular weight is 1080 g/mol. The number of hydrogen-bond donors (Lipinski definition) is 1. The van der Waals surface area contributed by atoms with Crippen LogP contribution in [0.25, 0.3) is 0 Å². The fraction of sp³-hybridized carbons (Fsp3) is 0.418. The van der Waals surface area contributed by atoms with Gasteiger partial charge in [0, 0.05) is 58.1 Å². The van der Waals surface area contributed by atoms with E-state index < -0.39 is 42.8 Å². The minimum atomic E-state index is -3.93. The highest BCUT2D eigenvalue weighted by Crippen LogP contribution is 2.31. The van der Waals surface area contributed by atoms with Crippen LogP contribution < -0.4 is 18.9 Å². The predicted molar refractivity (Wildman–Crippen MR) is 291 cm³/mol. The van der Waals surface area contributed by atoms with Crippen LogP contribution in [0.4, 0.5) is 0 Å². The molecule has 4 aromatic carbocycles. The molecule has 0 saturated carbocycles. The number of benzene rings is 4. The van der Waals surface area contributed by atoms with Crippen molar-refractivity contribution >= 4 is 20.0 Å². The molecular weight excluding hydrogens is 1000 g/mol. The highest BCUT2D eigenvalue weighted by molar-refractivity contribution is 7.90. The van der Waals surface area contributed by atoms with Crippen molar-refractivity contribution in [3.63, 3.8) is 0 Å². The van der Waals surface area contributed by atoms with Crippen molar-refractivity contribution < 1.29 is 55.1 Å². The van der Waals surface area contributed by atoms with E-state index in [9.17, 15) is 21.9 Å². The number of aryl methyl sites for hydroxylation is 2. The number of methoxy groups -OCH3 is 5. The highest BCUT2D eigenvalue weighted by atomic mass is 32.2. The Labute approximate surface area is 445 Å². The molecule has 18 nitrogen and oxygen atoms in total. The smallest absolute Gasteiger partial charge is 0.220 e. The molecule has 0 aliphatic rings. The van der Waals surface area contributed by atoms with Crippen LogP contribution in [0.1, 0.15) is 85.9 Å². The Hall–Kier alpha value is -6.10. The van der Waals surface area contributed by atoms with E-state index in [1.807, 2.05) is 86.6 Å². The van der Waals surface area contributed by atoms with Crippen LogP contribution in [0.3, 0.4) is 0 Å². The summed E-state index contributed by atoms with van der Waals surface area (Å²) in [6.07, 6.45) is 4.70. The normalized spacial score (nSPS) is 13.0. The Bertz CT molecular complexity index is 2680. The van der Waals surface area contributed by atoms with Crippen molar-refractivity contribution in [1.29, 1.82) is 0 Å². The van der Waals surface area contributed by atoms with E-state index in [0.717, 1.165) is 33.4 Å². The van der Waals surface area contributed by atoms with Crippen molar-refractivity contribution in [1.82, 2.24) is 28.5 Å². The fourth-order valence-electron chi connectivity index (χ4n) is 7.37. The number of aromatic nitrogens is 4. The van der Waals surface area contributed by atoms with Gasteiger partial charge in [0.1, 0.15) is 45.7 Å². The number of rotatable bonds is 27. The lowest BCUT2D eigenvalue weighted by Gasteiger charge is -2.30. The summed E-state index contributed by atoms with van der Waals surface area (Å²) in [6, 6.07) is 29.2. The zero-order valence-corrected chi connectivity index (χ0v) is 44.6. The molecule has 0 radical (unpaired) electrons. The minimum Gasteiger partial charge on any atom is -0.497 e. The Morgan fingerprint density at radius 2 is 0.720 bits per heavy atom. The molecule has 75 heavy (non-hydrogen) atoms. The number of sulfonamides is 2. The largest absolute Gasteiger partial charge is 0.497 e. The molecule has 0 spiro atoms. The van der Waals surface area contributed by atoms with Crippen LogP contribution in [0.5, 0.6) is 23.0 Å². The van der Waals surface area contributed by atoms with Gasteiger partial charge >= 0.3 is 0 Å². The summed E-state index contributed by atoms with van der Waals surface area (Å²) in [7, 11) is 0.0737. The Morgan fingerprint density at radius 3 is 0.960 bits per heavy atom. The summed E-state index contributed by atoms with van der Waals surface area (Å²) < 4.78 is 96.9. The van der Waals surface area contributed by atoms with Crippen LogP contribution in [0.2, 0.25) is 0 Å². The standard InChI is InChI=1S/C27H35N3O6S.C26H33N3O6S.2CH4/c1-20-16-28-27(29-17-20)26(36-15-14-33-3)21(2)37(31,32)30(18-22-6-10-24(34-4)11-7-22)19-23-8-12-25(35-5)13-9-23;1-19-15-27-26(28-16-19)25(35-14-13-30)20(2)36(31,32)29(17-21-5-9-23(33-3)10-6-21)18-22-7-11-24(34-4)12-8-22;;/h6-13,16-17,21,26H,14-15,18-19H2,1-5H3;5-12,15-16,20,25,30H,13-14,17-18H2,1-4H3;2*1H4/t21-,26-;20-,25-;;/m00../s1. The molecule has 2 heterocycles. The lowest BCUT2D eigenvalue weighted by atomic mass is 10.2. The van der Waals surface area contributed by atoms with Gasteiger partial charge in [0.05, 0.1) is 54.9 Å². The first-order chi connectivity index (χ1) is 35.1. The molecule has 2 aromatic heterocycles. The van der Waals surface area contributed by atoms with E-state index in [1.165, 1.54) is 8.61 Å². The molecule has 20 heteroatoms. The van der Waals surface area contributed by atoms with Gasteiger partial charge in [0.2, 0.25) is 20.0 Å². The van der Waals surface area contributed by atoms with Crippen LogP contribution in [-0.2, 0) is 60.4 Å². The van der Waals surface area contributed by atoms with E-state index in [1.54, 1.807) is 98.4 Å². The van der Waals surface area contributed by atoms with Crippen LogP contribution in [0, 0.1) is 13.8 Å². The summed E-state index contributed by atoms with van der Waals surface area (Å²) >= 11 is 0. The third kappa shape index (κ3) is 18.3. The second-order valence-corrected chi connectivity index (χ2v) is 21.5. The number of aliphatic hydroxyl groups excluding tert-OH is 1. The van der Waals surface area contributed by atoms with E-state index in [4.69, 9.17) is 33.2 Å². The molecule has 0 fully saturated rings. The Kier molecular flexibility index (Phi) is 26.2. The van der Waals surface area contributed by atoms with Crippen LogP contribution in [-0.4, -0.2) is 123 Å². The highest BCUT2D eigenvalue weighted by Gasteiger charge is 2.39. The maximum absolute atomic E-state index is 14.1. The van der Waals surface area contributed by atoms with Gasteiger partial charge in [-0.2, -0.15) is 8.61 Å². The fourth-order valence-corrected chi connectivity index (χ4v) is 10.7. The lowest BCUT2D eigenvalue weighted by molar-refractivity contribution is 0.0110. The number of nitrogens with zero attached hydrogens (tertiary/aromatic N) is 6. The second-order valence-electron chi connectivity index (χ2n) is 17.0. The van der Waals surface area contributed by atoms with Crippen LogP contribution >= 0.6 is 0 Å². The first-order valence-electron chi connectivity index (χ1n) is 23.5. The molecule has 4 atom stereocenters. The maximum Gasteiger partial charge on any atom is 0.220 e. The summed E-state index contributed by atoms with van der Waals surface area (Å²) in [5.41, 5.74) is 4.98. The van der Waals surface area contributed by atoms with Crippen LogP contribution in [0.15, 0.2) is 122 Å². The molecule has 0 aliphatic carbocycles. The van der Waals surface area contributed by atoms with Gasteiger partial charge in [0.15, 0.2) is 11.6 Å². The van der Waals surface area contributed by atoms with Gasteiger partial charge in [-0.05, 0) is 110 Å². The number of aliphatic hydroxyl groups is 1. The molecule has 1 N–H and O–H groups in total. The van der Waals surface area contributed by atoms with Crippen molar-refractivity contribution in [2.45, 2.75) is 91.4 Å². The molecule has 0 bridgehead atoms. The second kappa shape index (κ2) is 31.1. The third-order valence-corrected chi connectivity index (χ3v) is 16.0. The molecular formula is C55H76N6O12S2. The van der Waals surface area contributed by atoms with E-state index >= 15 is 0 Å². The molecule has 6 rings (SSSR count). The number of ether oxygens (including phenoxy) is 7. The van der Waals surface area contributed by atoms with Crippen molar-refractivity contribution in [3.05, 3.63) is 167 Å². The Morgan fingerprint density at radius 1 is 0.453 bits per heavy atom. The topological polar surface area (TPSA) is 211 Å². The average Bonchev–Trinajstić information content (AvgIpc) is 3.41. The third-order valence-electron chi connectivity index (χ3n) is 11.7. The molecule has 0 aliphatic heterocycles. The van der Waals surface area contributed by atoms with Gasteiger partial charge in [-0.15, -0.1) is 0 Å². The number of hydrogen-bond acceptors (Lipinski definition) is 16. The van der Waals surface area contributed by atoms with Gasteiger partial charge in [0.25, 0.3) is 0 Å². The molecule has 6 aromatic rings. The predicted octanol–water partition coefficient (Wildman–Crippen LogP) is 8.47. The quantitative estimate of drug-likeness (QED) is 0.0479. The summed E-state index contributed by atoms with van der Waals surface area (Å²) in [4.78, 5) is 17.3. The molecule has 0 amide bonds. The van der Waals surface area contributed by atoms with Crippen molar-refractivity contribution in [2.24, 2.45) is 0 Å². The Balaban J connectivity index is 0.000000385. The van der Waals surface area contributed by atoms with Gasteiger partial charge < -0.3 is 38.3 Å². The van der Waals surface area contributed by atoms with E-state index in [2.05, 4.69) is 19.9 Å². The zero-order chi connectivity index (χ0) is 53.0. The SMILES string of the molecule is C.C.COCCO[C@H](c1ncc(C)cn1)[C@H](C)S(=O)(=O)N(Cc1ccc(OC)cc1)Cc1ccc(OC)cc1.COc1ccc(CN(Cc2ccc(OC)cc2)S(=O)(=O)[C@@H](C)[C@H](OCCO)c2ncc(C)cn2)cc1. The molecule has 410 valence electrons. The maximum atomic E-state index is 14.1.